The predicted molar refractivity (Wildman–Crippen MR) is 223 cm³/mol. The van der Waals surface area contributed by atoms with Gasteiger partial charge in [-0.3, -0.25) is 9.59 Å². The van der Waals surface area contributed by atoms with E-state index in [0.29, 0.717) is 19.3 Å². The van der Waals surface area contributed by atoms with E-state index in [2.05, 4.69) is 26.1 Å². The van der Waals surface area contributed by atoms with E-state index in [1.807, 2.05) is 0 Å². The van der Waals surface area contributed by atoms with Crippen LogP contribution in [-0.4, -0.2) is 46.9 Å². The molecule has 0 bridgehead atoms. The highest BCUT2D eigenvalue weighted by atomic mass is 16.5. The van der Waals surface area contributed by atoms with Crippen molar-refractivity contribution in [1.82, 2.24) is 5.32 Å². The Hall–Kier alpha value is -1.14. The van der Waals surface area contributed by atoms with Crippen LogP contribution in [0.3, 0.4) is 0 Å². The van der Waals surface area contributed by atoms with Gasteiger partial charge in [0.05, 0.1) is 25.2 Å². The average molecular weight is 738 g/mol. The Kier molecular flexibility index (Phi) is 40.1. The Morgan fingerprint density at radius 3 is 1.17 bits per heavy atom. The maximum Gasteiger partial charge on any atom is 0.306 e. The Labute approximate surface area is 324 Å². The van der Waals surface area contributed by atoms with Gasteiger partial charge in [0.2, 0.25) is 5.91 Å². The first-order chi connectivity index (χ1) is 25.5. The van der Waals surface area contributed by atoms with Crippen molar-refractivity contribution in [2.75, 3.05) is 6.61 Å². The van der Waals surface area contributed by atoms with E-state index in [1.54, 1.807) is 0 Å². The van der Waals surface area contributed by atoms with Crippen LogP contribution < -0.4 is 5.32 Å². The highest BCUT2D eigenvalue weighted by Crippen LogP contribution is 2.18. The predicted octanol–water partition coefficient (Wildman–Crippen LogP) is 13.2. The van der Waals surface area contributed by atoms with Crippen molar-refractivity contribution >= 4 is 11.9 Å². The van der Waals surface area contributed by atoms with Crippen LogP contribution in [0, 0.1) is 0 Å². The zero-order valence-corrected chi connectivity index (χ0v) is 35.2. The van der Waals surface area contributed by atoms with Crippen molar-refractivity contribution in [1.29, 1.82) is 0 Å². The van der Waals surface area contributed by atoms with Gasteiger partial charge in [-0.25, -0.2) is 0 Å². The number of carbonyl (C=O) groups is 2. The maximum absolute atomic E-state index is 13.1. The number of nitrogens with one attached hydrogen (secondary N) is 1. The molecule has 1 amide bonds. The standard InChI is InChI=1S/C46H91NO5/c1-4-7-10-13-16-19-21-22-24-26-28-31-34-37-42(52-46(51)39-36-33-30-25-18-15-12-9-6-3)40-45(50)47-43(41-48)44(49)38-35-32-29-27-23-20-17-14-11-8-5-2/h42-44,48-49H,4-41H2,1-3H3,(H,47,50). The summed E-state index contributed by atoms with van der Waals surface area (Å²) in [7, 11) is 0. The van der Waals surface area contributed by atoms with Crippen LogP contribution in [0.25, 0.3) is 0 Å². The first-order valence-corrected chi connectivity index (χ1v) is 23.3. The largest absolute Gasteiger partial charge is 0.462 e. The molecule has 0 aromatic heterocycles. The molecular weight excluding hydrogens is 647 g/mol. The van der Waals surface area contributed by atoms with Crippen LogP contribution in [0.1, 0.15) is 258 Å². The van der Waals surface area contributed by atoms with E-state index in [1.165, 1.54) is 167 Å². The lowest BCUT2D eigenvalue weighted by atomic mass is 10.0. The minimum absolute atomic E-state index is 0.0867. The smallest absolute Gasteiger partial charge is 0.306 e. The number of carbonyl (C=O) groups excluding carboxylic acids is 2. The number of esters is 1. The molecule has 3 atom stereocenters. The van der Waals surface area contributed by atoms with Crippen LogP contribution in [0.4, 0.5) is 0 Å². The summed E-state index contributed by atoms with van der Waals surface area (Å²) in [6.07, 6.45) is 41.6. The summed E-state index contributed by atoms with van der Waals surface area (Å²) in [5.74, 6) is -0.460. The molecule has 0 radical (unpaired) electrons. The Bertz CT molecular complexity index is 746. The first kappa shape index (κ1) is 50.9. The van der Waals surface area contributed by atoms with E-state index in [4.69, 9.17) is 4.74 Å². The molecule has 3 unspecified atom stereocenters. The molecule has 0 spiro atoms. The fraction of sp³-hybridized carbons (Fsp3) is 0.957. The Morgan fingerprint density at radius 1 is 0.481 bits per heavy atom. The van der Waals surface area contributed by atoms with Gasteiger partial charge in [-0.15, -0.1) is 0 Å². The summed E-state index contributed by atoms with van der Waals surface area (Å²) in [6.45, 7) is 6.47. The summed E-state index contributed by atoms with van der Waals surface area (Å²) in [5.41, 5.74) is 0. The lowest BCUT2D eigenvalue weighted by molar-refractivity contribution is -0.151. The van der Waals surface area contributed by atoms with Gasteiger partial charge in [0.25, 0.3) is 0 Å². The fourth-order valence-electron chi connectivity index (χ4n) is 7.37. The summed E-state index contributed by atoms with van der Waals surface area (Å²) in [5, 5.41) is 23.6. The van der Waals surface area contributed by atoms with Gasteiger partial charge in [0.15, 0.2) is 0 Å². The number of aliphatic hydroxyl groups is 2. The number of amides is 1. The molecule has 0 heterocycles. The highest BCUT2D eigenvalue weighted by Gasteiger charge is 2.24. The van der Waals surface area contributed by atoms with Gasteiger partial charge in [0.1, 0.15) is 6.10 Å². The Morgan fingerprint density at radius 2 is 0.808 bits per heavy atom. The molecule has 0 aromatic carbocycles. The molecule has 0 aliphatic rings. The molecular formula is C46H91NO5. The number of unbranched alkanes of at least 4 members (excludes halogenated alkanes) is 30. The van der Waals surface area contributed by atoms with E-state index < -0.39 is 18.2 Å². The van der Waals surface area contributed by atoms with Crippen LogP contribution >= 0.6 is 0 Å². The summed E-state index contributed by atoms with van der Waals surface area (Å²) >= 11 is 0. The third-order valence-corrected chi connectivity index (χ3v) is 10.9. The molecule has 52 heavy (non-hydrogen) atoms. The van der Waals surface area contributed by atoms with Crippen molar-refractivity contribution in [3.8, 4) is 0 Å². The van der Waals surface area contributed by atoms with Crippen molar-refractivity contribution in [3.63, 3.8) is 0 Å². The van der Waals surface area contributed by atoms with Gasteiger partial charge < -0.3 is 20.3 Å². The first-order valence-electron chi connectivity index (χ1n) is 23.3. The van der Waals surface area contributed by atoms with Gasteiger partial charge in [-0.05, 0) is 25.7 Å². The molecule has 0 fully saturated rings. The molecule has 6 heteroatoms. The SMILES string of the molecule is CCCCCCCCCCCCCCCC(CC(=O)NC(CO)C(O)CCCCCCCCCCCCC)OC(=O)CCCCCCCCCCC. The minimum Gasteiger partial charge on any atom is -0.462 e. The quantitative estimate of drug-likeness (QED) is 0.0428. The van der Waals surface area contributed by atoms with E-state index in [-0.39, 0.29) is 24.9 Å². The molecule has 0 rings (SSSR count). The lowest BCUT2D eigenvalue weighted by Crippen LogP contribution is -2.46. The topological polar surface area (TPSA) is 95.9 Å². The second-order valence-corrected chi connectivity index (χ2v) is 16.2. The second kappa shape index (κ2) is 41.0. The van der Waals surface area contributed by atoms with Gasteiger partial charge >= 0.3 is 5.97 Å². The number of hydrogen-bond acceptors (Lipinski definition) is 5. The molecule has 0 aliphatic heterocycles. The van der Waals surface area contributed by atoms with Crippen molar-refractivity contribution in [3.05, 3.63) is 0 Å². The Balaban J connectivity index is 4.53. The van der Waals surface area contributed by atoms with Gasteiger partial charge in [-0.2, -0.15) is 0 Å². The minimum atomic E-state index is -0.777. The van der Waals surface area contributed by atoms with Gasteiger partial charge in [0, 0.05) is 6.42 Å². The van der Waals surface area contributed by atoms with E-state index >= 15 is 0 Å². The zero-order valence-electron chi connectivity index (χ0n) is 35.2. The summed E-state index contributed by atoms with van der Waals surface area (Å²) < 4.78 is 5.90. The van der Waals surface area contributed by atoms with Crippen molar-refractivity contribution < 1.29 is 24.5 Å². The van der Waals surface area contributed by atoms with Crippen LogP contribution in [-0.2, 0) is 14.3 Å². The third-order valence-electron chi connectivity index (χ3n) is 10.9. The summed E-state index contributed by atoms with van der Waals surface area (Å²) in [6, 6.07) is -0.690. The van der Waals surface area contributed by atoms with Gasteiger partial charge in [-0.1, -0.05) is 220 Å². The number of aliphatic hydroxyl groups excluding tert-OH is 2. The van der Waals surface area contributed by atoms with Crippen LogP contribution in [0.2, 0.25) is 0 Å². The number of ether oxygens (including phenoxy) is 1. The summed E-state index contributed by atoms with van der Waals surface area (Å²) in [4.78, 5) is 25.9. The monoisotopic (exact) mass is 738 g/mol. The molecule has 310 valence electrons. The highest BCUT2D eigenvalue weighted by molar-refractivity contribution is 5.77. The zero-order chi connectivity index (χ0) is 38.2. The van der Waals surface area contributed by atoms with Crippen molar-refractivity contribution in [2.45, 2.75) is 277 Å². The molecule has 0 aromatic rings. The molecule has 0 aliphatic carbocycles. The van der Waals surface area contributed by atoms with Crippen LogP contribution in [0.5, 0.6) is 0 Å². The molecule has 3 N–H and O–H groups in total. The average Bonchev–Trinajstić information content (AvgIpc) is 3.13. The van der Waals surface area contributed by atoms with Crippen molar-refractivity contribution in [2.24, 2.45) is 0 Å². The molecule has 0 saturated carbocycles. The van der Waals surface area contributed by atoms with E-state index in [0.717, 1.165) is 44.9 Å². The maximum atomic E-state index is 13.1. The van der Waals surface area contributed by atoms with Crippen LogP contribution in [0.15, 0.2) is 0 Å². The fourth-order valence-corrected chi connectivity index (χ4v) is 7.37. The third kappa shape index (κ3) is 35.9. The number of rotatable bonds is 42. The normalized spacial score (nSPS) is 13.2. The second-order valence-electron chi connectivity index (χ2n) is 16.2. The number of hydrogen-bond donors (Lipinski definition) is 3. The molecule has 0 saturated heterocycles. The lowest BCUT2D eigenvalue weighted by Gasteiger charge is -2.24. The molecule has 6 nitrogen and oxygen atoms in total. The van der Waals surface area contributed by atoms with E-state index in [9.17, 15) is 19.8 Å².